The third kappa shape index (κ3) is 10.5. The van der Waals surface area contributed by atoms with Gasteiger partial charge < -0.3 is 37.6 Å². The minimum atomic E-state index is -0.829. The molecule has 11 heteroatoms. The van der Waals surface area contributed by atoms with E-state index in [1.54, 1.807) is 36.4 Å². The van der Waals surface area contributed by atoms with E-state index in [-0.39, 0.29) is 52.3 Å². The number of nitrogens with two attached hydrogens (primary N) is 2. The number of carbonyl (C=O) groups is 2. The van der Waals surface area contributed by atoms with E-state index in [0.29, 0.717) is 42.1 Å². The lowest BCUT2D eigenvalue weighted by atomic mass is 9.72. The van der Waals surface area contributed by atoms with Crippen molar-refractivity contribution in [2.75, 3.05) is 43.4 Å². The summed E-state index contributed by atoms with van der Waals surface area (Å²) in [5.74, 6) is -0.545. The van der Waals surface area contributed by atoms with Gasteiger partial charge in [-0.25, -0.2) is 4.57 Å². The molecule has 52 heavy (non-hydrogen) atoms. The van der Waals surface area contributed by atoms with Crippen molar-refractivity contribution in [2.45, 2.75) is 104 Å². The van der Waals surface area contributed by atoms with E-state index < -0.39 is 17.9 Å². The molecule has 11 nitrogen and oxygen atoms in total. The first-order valence-electron chi connectivity index (χ1n) is 18.4. The average molecular weight is 717 g/mol. The summed E-state index contributed by atoms with van der Waals surface area (Å²) < 4.78 is 1.88. The predicted octanol–water partition coefficient (Wildman–Crippen LogP) is 3.90. The van der Waals surface area contributed by atoms with Crippen LogP contribution in [0.3, 0.4) is 0 Å². The Hall–Kier alpha value is -3.71. The summed E-state index contributed by atoms with van der Waals surface area (Å²) in [5, 5.41) is 32.3. The van der Waals surface area contributed by atoms with E-state index >= 15 is 0 Å². The van der Waals surface area contributed by atoms with Gasteiger partial charge in [-0.05, 0) is 78.5 Å². The summed E-state index contributed by atoms with van der Waals surface area (Å²) in [7, 11) is 0. The molecule has 0 fully saturated rings. The van der Waals surface area contributed by atoms with Crippen LogP contribution in [-0.2, 0) is 6.54 Å². The lowest BCUT2D eigenvalue weighted by Crippen LogP contribution is -2.57. The molecule has 0 bridgehead atoms. The topological polar surface area (TPSA) is 170 Å². The van der Waals surface area contributed by atoms with Gasteiger partial charge in [-0.1, -0.05) is 44.2 Å². The smallest absolute Gasteiger partial charge is 0.196 e. The Labute approximate surface area is 310 Å². The molecule has 0 radical (unpaired) electrons. The molecule has 9 N–H and O–H groups in total. The largest absolute Gasteiger partial charge is 0.390 e. The lowest BCUT2D eigenvalue weighted by molar-refractivity contribution is -0.703. The Bertz CT molecular complexity index is 1680. The van der Waals surface area contributed by atoms with Crippen LogP contribution >= 0.6 is 0 Å². The molecule has 284 valence electrons. The fourth-order valence-corrected chi connectivity index (χ4v) is 6.43. The van der Waals surface area contributed by atoms with Crippen molar-refractivity contribution in [2.24, 2.45) is 16.9 Å². The van der Waals surface area contributed by atoms with Crippen molar-refractivity contribution >= 4 is 22.9 Å². The van der Waals surface area contributed by atoms with Crippen molar-refractivity contribution in [3.05, 3.63) is 89.2 Å². The van der Waals surface area contributed by atoms with E-state index in [9.17, 15) is 19.8 Å². The summed E-state index contributed by atoms with van der Waals surface area (Å²) in [6, 6.07) is 16.0. The Morgan fingerprint density at radius 3 is 1.75 bits per heavy atom. The van der Waals surface area contributed by atoms with Gasteiger partial charge in [-0.2, -0.15) is 0 Å². The van der Waals surface area contributed by atoms with E-state index in [1.165, 1.54) is 0 Å². The first kappa shape index (κ1) is 41.1. The summed E-state index contributed by atoms with van der Waals surface area (Å²) >= 11 is 0. The molecule has 4 rings (SSSR count). The highest BCUT2D eigenvalue weighted by Crippen LogP contribution is 2.37. The average Bonchev–Trinajstić information content (AvgIpc) is 3.06. The number of nitrogens with zero attached hydrogens (tertiary/aromatic N) is 2. The number of nitrogens with one attached hydrogen (secondary N) is 3. The lowest BCUT2D eigenvalue weighted by Gasteiger charge is -2.46. The maximum absolute atomic E-state index is 14.0. The minimum Gasteiger partial charge on any atom is -0.390 e. The van der Waals surface area contributed by atoms with Crippen LogP contribution in [0.15, 0.2) is 67.0 Å². The van der Waals surface area contributed by atoms with Crippen LogP contribution in [0.4, 0.5) is 11.4 Å². The number of ketones is 2. The van der Waals surface area contributed by atoms with Crippen LogP contribution < -0.4 is 32.0 Å². The standard InChI is InChI=1S/C41H61N7O4/c1-38(2,40(5,6)46-20-18-39(3,4)42)19-23-48(41(7,8)43)27-29(50)25-45-33-17-16-32(44-24-28(49)26-47-21-12-9-13-22-47)34-35(33)37(52)31-15-11-10-14-30(31)36(34)51/h9-17,21-22,28-29,46,49-50H,18-20,23-27,42-43H2,1-8H3,(H-,44,45,51,52)/p+1. The van der Waals surface area contributed by atoms with Gasteiger partial charge in [0.2, 0.25) is 0 Å². The fourth-order valence-electron chi connectivity index (χ4n) is 6.43. The van der Waals surface area contributed by atoms with Crippen LogP contribution in [0.2, 0.25) is 0 Å². The van der Waals surface area contributed by atoms with E-state index in [4.69, 9.17) is 11.5 Å². The van der Waals surface area contributed by atoms with Crippen molar-refractivity contribution in [3.8, 4) is 0 Å². The molecular formula is C41H62N7O4+. The van der Waals surface area contributed by atoms with Gasteiger partial charge in [0.1, 0.15) is 6.10 Å². The zero-order valence-corrected chi connectivity index (χ0v) is 32.4. The Balaban J connectivity index is 1.48. The molecule has 0 spiro atoms. The molecule has 0 saturated carbocycles. The normalized spacial score (nSPS) is 14.9. The first-order valence-corrected chi connectivity index (χ1v) is 18.4. The molecule has 1 aliphatic carbocycles. The Morgan fingerprint density at radius 2 is 1.25 bits per heavy atom. The molecule has 1 aliphatic rings. The monoisotopic (exact) mass is 716 g/mol. The zero-order chi connectivity index (χ0) is 38.5. The molecule has 0 saturated heterocycles. The Kier molecular flexibility index (Phi) is 13.1. The van der Waals surface area contributed by atoms with Gasteiger partial charge in [0, 0.05) is 71.9 Å². The van der Waals surface area contributed by atoms with Crippen LogP contribution in [0.1, 0.15) is 100 Å². The molecule has 1 heterocycles. The van der Waals surface area contributed by atoms with E-state index in [2.05, 4.69) is 48.5 Å². The third-order valence-corrected chi connectivity index (χ3v) is 10.6. The molecule has 0 amide bonds. The van der Waals surface area contributed by atoms with Crippen molar-refractivity contribution in [1.82, 2.24) is 10.2 Å². The first-order chi connectivity index (χ1) is 24.2. The van der Waals surface area contributed by atoms with E-state index in [1.807, 2.05) is 62.9 Å². The van der Waals surface area contributed by atoms with Crippen LogP contribution in [0, 0.1) is 5.41 Å². The maximum Gasteiger partial charge on any atom is 0.196 e. The second-order valence-electron chi connectivity index (χ2n) is 16.8. The molecule has 2 atom stereocenters. The summed E-state index contributed by atoms with van der Waals surface area (Å²) in [4.78, 5) is 30.0. The van der Waals surface area contributed by atoms with Crippen molar-refractivity contribution in [1.29, 1.82) is 0 Å². The van der Waals surface area contributed by atoms with Crippen molar-refractivity contribution < 1.29 is 24.4 Å². The van der Waals surface area contributed by atoms with Gasteiger partial charge in [0.15, 0.2) is 30.5 Å². The molecular weight excluding hydrogens is 654 g/mol. The zero-order valence-electron chi connectivity index (χ0n) is 32.4. The Morgan fingerprint density at radius 1 is 0.731 bits per heavy atom. The molecule has 1 aromatic heterocycles. The highest BCUT2D eigenvalue weighted by molar-refractivity contribution is 6.31. The number of rotatable bonds is 19. The number of benzene rings is 2. The number of aromatic nitrogens is 1. The van der Waals surface area contributed by atoms with Gasteiger partial charge in [-0.3, -0.25) is 14.5 Å². The number of aliphatic hydroxyl groups excluding tert-OH is 2. The van der Waals surface area contributed by atoms with Crippen molar-refractivity contribution in [3.63, 3.8) is 0 Å². The van der Waals surface area contributed by atoms with Gasteiger partial charge in [-0.15, -0.1) is 0 Å². The van der Waals surface area contributed by atoms with Crippen LogP contribution in [0.25, 0.3) is 0 Å². The predicted molar refractivity (Wildman–Crippen MR) is 209 cm³/mol. The number of hydrogen-bond donors (Lipinski definition) is 7. The SMILES string of the molecule is CC(C)(N)CCNC(C)(C)C(C)(C)CCN(CC(O)CNc1ccc(NCC(O)C[n+]2ccccc2)c2c1C(=O)c1ccccc1C2=O)C(C)(C)N. The summed E-state index contributed by atoms with van der Waals surface area (Å²) in [5.41, 5.74) is 13.7. The fraction of sp³-hybridized carbons (Fsp3) is 0.537. The van der Waals surface area contributed by atoms with Gasteiger partial charge >= 0.3 is 0 Å². The number of anilines is 2. The van der Waals surface area contributed by atoms with Gasteiger partial charge in [0.25, 0.3) is 0 Å². The highest BCUT2D eigenvalue weighted by atomic mass is 16.3. The molecule has 3 aromatic rings. The second-order valence-corrected chi connectivity index (χ2v) is 16.8. The second kappa shape index (κ2) is 16.5. The molecule has 2 aromatic carbocycles. The number of aliphatic hydroxyl groups is 2. The number of pyridine rings is 1. The van der Waals surface area contributed by atoms with Crippen LogP contribution in [-0.4, -0.2) is 88.4 Å². The third-order valence-electron chi connectivity index (χ3n) is 10.6. The minimum absolute atomic E-state index is 0.104. The number of carbonyl (C=O) groups excluding carboxylic acids is 2. The van der Waals surface area contributed by atoms with E-state index in [0.717, 1.165) is 19.4 Å². The summed E-state index contributed by atoms with van der Waals surface area (Å²) in [6.45, 7) is 19.3. The maximum atomic E-state index is 14.0. The van der Waals surface area contributed by atoms with Gasteiger partial charge in [0.05, 0.1) is 22.9 Å². The number of hydrogen-bond acceptors (Lipinski definition) is 10. The summed E-state index contributed by atoms with van der Waals surface area (Å²) in [6.07, 6.45) is 3.86. The number of fused-ring (bicyclic) bond motifs is 2. The molecule has 0 aliphatic heterocycles. The molecule has 2 unspecified atom stereocenters. The highest BCUT2D eigenvalue weighted by Gasteiger charge is 2.38. The quantitative estimate of drug-likeness (QED) is 0.0558. The van der Waals surface area contributed by atoms with Crippen LogP contribution in [0.5, 0.6) is 0 Å².